The van der Waals surface area contributed by atoms with E-state index >= 15 is 0 Å². The second-order valence-corrected chi connectivity index (χ2v) is 6.90. The Labute approximate surface area is 163 Å². The van der Waals surface area contributed by atoms with Crippen LogP contribution in [0.25, 0.3) is 0 Å². The number of halogens is 3. The Hall–Kier alpha value is -1.89. The minimum atomic E-state index is 0.256. The maximum atomic E-state index is 6.31. The molecule has 0 N–H and O–H groups in total. The Morgan fingerprint density at radius 1 is 1.24 bits per heavy atom. The molecule has 5 nitrogen and oxygen atoms in total. The summed E-state index contributed by atoms with van der Waals surface area (Å²) in [6.45, 7) is 0.723. The first-order valence-corrected chi connectivity index (χ1v) is 8.87. The number of imidazole rings is 1. The molecule has 0 aliphatic carbocycles. The predicted molar refractivity (Wildman–Crippen MR) is 102 cm³/mol. The van der Waals surface area contributed by atoms with Crippen LogP contribution in [0.3, 0.4) is 0 Å². The zero-order valence-corrected chi connectivity index (χ0v) is 16.0. The van der Waals surface area contributed by atoms with E-state index < -0.39 is 0 Å². The first-order valence-electron chi connectivity index (χ1n) is 7.32. The SMILES string of the molecule is Clc1ccc(/C(Cn2ccnc2)=N/OCc2ccc(Br)cn2)c(Cl)c1. The molecule has 8 heteroatoms. The van der Waals surface area contributed by atoms with E-state index in [9.17, 15) is 0 Å². The molecular formula is C17H13BrCl2N4O. The third-order valence-electron chi connectivity index (χ3n) is 3.31. The number of hydrogen-bond acceptors (Lipinski definition) is 4. The minimum absolute atomic E-state index is 0.256. The fourth-order valence-corrected chi connectivity index (χ4v) is 2.86. The first-order chi connectivity index (χ1) is 12.1. The third kappa shape index (κ3) is 5.04. The van der Waals surface area contributed by atoms with Crippen molar-refractivity contribution in [1.29, 1.82) is 0 Å². The molecule has 0 unspecified atom stereocenters. The molecule has 2 aromatic heterocycles. The van der Waals surface area contributed by atoms with Crippen LogP contribution in [-0.2, 0) is 18.0 Å². The zero-order valence-electron chi connectivity index (χ0n) is 12.9. The van der Waals surface area contributed by atoms with E-state index in [4.69, 9.17) is 28.0 Å². The van der Waals surface area contributed by atoms with Crippen molar-refractivity contribution in [3.8, 4) is 0 Å². The summed E-state index contributed by atoms with van der Waals surface area (Å²) in [6.07, 6.45) is 6.96. The van der Waals surface area contributed by atoms with Gasteiger partial charge in [-0.1, -0.05) is 28.4 Å². The largest absolute Gasteiger partial charge is 0.389 e. The third-order valence-corrected chi connectivity index (χ3v) is 4.33. The molecule has 0 aliphatic rings. The zero-order chi connectivity index (χ0) is 17.6. The van der Waals surface area contributed by atoms with E-state index in [2.05, 4.69) is 31.1 Å². The van der Waals surface area contributed by atoms with Crippen LogP contribution in [-0.4, -0.2) is 20.2 Å². The fraction of sp³-hybridized carbons (Fsp3) is 0.118. The van der Waals surface area contributed by atoms with Crippen LogP contribution in [0.5, 0.6) is 0 Å². The van der Waals surface area contributed by atoms with Crippen molar-refractivity contribution < 1.29 is 4.84 Å². The molecule has 0 saturated heterocycles. The summed E-state index contributed by atoms with van der Waals surface area (Å²) in [5.41, 5.74) is 2.19. The van der Waals surface area contributed by atoms with E-state index in [1.165, 1.54) is 0 Å². The molecule has 2 heterocycles. The molecule has 0 saturated carbocycles. The highest BCUT2D eigenvalue weighted by Gasteiger charge is 2.11. The highest BCUT2D eigenvalue weighted by atomic mass is 79.9. The molecule has 0 amide bonds. The van der Waals surface area contributed by atoms with Crippen molar-refractivity contribution >= 4 is 44.8 Å². The molecule has 0 bridgehead atoms. The smallest absolute Gasteiger partial charge is 0.159 e. The van der Waals surface area contributed by atoms with Crippen LogP contribution < -0.4 is 0 Å². The number of benzene rings is 1. The van der Waals surface area contributed by atoms with E-state index in [0.29, 0.717) is 22.3 Å². The molecule has 0 atom stereocenters. The van der Waals surface area contributed by atoms with Gasteiger partial charge in [0.05, 0.1) is 23.6 Å². The van der Waals surface area contributed by atoms with Gasteiger partial charge in [0.15, 0.2) is 6.61 Å². The molecule has 3 rings (SSSR count). The summed E-state index contributed by atoms with van der Waals surface area (Å²) in [5, 5.41) is 5.34. The number of pyridine rings is 1. The average molecular weight is 440 g/mol. The number of nitrogens with zero attached hydrogens (tertiary/aromatic N) is 4. The van der Waals surface area contributed by atoms with E-state index in [0.717, 1.165) is 15.7 Å². The summed E-state index contributed by atoms with van der Waals surface area (Å²) in [6, 6.07) is 9.03. The summed E-state index contributed by atoms with van der Waals surface area (Å²) in [7, 11) is 0. The predicted octanol–water partition coefficient (Wildman–Crippen LogP) is 4.97. The standard InChI is InChI=1S/C17H13BrCl2N4O/c18-12-1-3-14(22-8-12)10-25-23-17(9-24-6-5-21-11-24)15-4-2-13(19)7-16(15)20/h1-8,11H,9-10H2/b23-17+. The first kappa shape index (κ1) is 17.9. The maximum absolute atomic E-state index is 6.31. The lowest BCUT2D eigenvalue weighted by Gasteiger charge is -2.10. The Bertz CT molecular complexity index is 867. The molecule has 0 spiro atoms. The van der Waals surface area contributed by atoms with Crippen molar-refractivity contribution in [3.63, 3.8) is 0 Å². The summed E-state index contributed by atoms with van der Waals surface area (Å²) in [5.74, 6) is 0. The van der Waals surface area contributed by atoms with Crippen molar-refractivity contribution in [3.05, 3.63) is 81.0 Å². The monoisotopic (exact) mass is 438 g/mol. The van der Waals surface area contributed by atoms with Crippen LogP contribution in [0.15, 0.2) is 64.9 Å². The highest BCUT2D eigenvalue weighted by Crippen LogP contribution is 2.22. The molecule has 25 heavy (non-hydrogen) atoms. The molecule has 3 aromatic rings. The van der Waals surface area contributed by atoms with Crippen LogP contribution in [0.1, 0.15) is 11.3 Å². The van der Waals surface area contributed by atoms with Crippen molar-refractivity contribution in [2.24, 2.45) is 5.16 Å². The molecule has 0 radical (unpaired) electrons. The van der Waals surface area contributed by atoms with Crippen LogP contribution in [0.4, 0.5) is 0 Å². The quantitative estimate of drug-likeness (QED) is 0.402. The molecule has 0 aliphatic heterocycles. The number of aromatic nitrogens is 3. The van der Waals surface area contributed by atoms with Gasteiger partial charge in [-0.3, -0.25) is 4.98 Å². The highest BCUT2D eigenvalue weighted by molar-refractivity contribution is 9.10. The molecule has 0 fully saturated rings. The van der Waals surface area contributed by atoms with E-state index in [1.807, 2.05) is 29.0 Å². The van der Waals surface area contributed by atoms with Gasteiger partial charge in [0.1, 0.15) is 5.71 Å². The number of oxime groups is 1. The van der Waals surface area contributed by atoms with Gasteiger partial charge in [0.2, 0.25) is 0 Å². The Morgan fingerprint density at radius 2 is 2.12 bits per heavy atom. The Kier molecular flexibility index (Phi) is 6.07. The number of hydrogen-bond donors (Lipinski definition) is 0. The topological polar surface area (TPSA) is 52.3 Å². The van der Waals surface area contributed by atoms with Gasteiger partial charge in [-0.2, -0.15) is 0 Å². The van der Waals surface area contributed by atoms with Crippen LogP contribution in [0, 0.1) is 0 Å². The molecule has 128 valence electrons. The lowest BCUT2D eigenvalue weighted by atomic mass is 10.1. The average Bonchev–Trinajstić information content (AvgIpc) is 3.09. The summed E-state index contributed by atoms with van der Waals surface area (Å²) < 4.78 is 2.79. The Morgan fingerprint density at radius 3 is 2.80 bits per heavy atom. The van der Waals surface area contributed by atoms with Gasteiger partial charge in [-0.05, 0) is 46.3 Å². The summed E-state index contributed by atoms with van der Waals surface area (Å²) in [4.78, 5) is 13.8. The van der Waals surface area contributed by atoms with E-state index in [-0.39, 0.29) is 6.61 Å². The van der Waals surface area contributed by atoms with Gasteiger partial charge < -0.3 is 9.40 Å². The minimum Gasteiger partial charge on any atom is -0.389 e. The lowest BCUT2D eigenvalue weighted by molar-refractivity contribution is 0.127. The molecular weight excluding hydrogens is 427 g/mol. The molecule has 1 aromatic carbocycles. The van der Waals surface area contributed by atoms with Gasteiger partial charge in [-0.25, -0.2) is 4.98 Å². The van der Waals surface area contributed by atoms with Gasteiger partial charge in [0.25, 0.3) is 0 Å². The maximum Gasteiger partial charge on any atom is 0.159 e. The lowest BCUT2D eigenvalue weighted by Crippen LogP contribution is -2.12. The summed E-state index contributed by atoms with van der Waals surface area (Å²) >= 11 is 15.6. The van der Waals surface area contributed by atoms with Crippen LogP contribution in [0.2, 0.25) is 10.0 Å². The van der Waals surface area contributed by atoms with Crippen molar-refractivity contribution in [2.45, 2.75) is 13.2 Å². The van der Waals surface area contributed by atoms with Crippen molar-refractivity contribution in [2.75, 3.05) is 0 Å². The van der Waals surface area contributed by atoms with Crippen LogP contribution >= 0.6 is 39.1 Å². The Balaban J connectivity index is 1.81. The second kappa shape index (κ2) is 8.47. The van der Waals surface area contributed by atoms with Crippen molar-refractivity contribution in [1.82, 2.24) is 14.5 Å². The second-order valence-electron chi connectivity index (χ2n) is 5.14. The van der Waals surface area contributed by atoms with Gasteiger partial charge in [0, 0.05) is 33.6 Å². The van der Waals surface area contributed by atoms with Gasteiger partial charge in [-0.15, -0.1) is 0 Å². The fourth-order valence-electron chi connectivity index (χ4n) is 2.11. The normalized spacial score (nSPS) is 11.6. The number of rotatable bonds is 6. The van der Waals surface area contributed by atoms with E-state index in [1.54, 1.807) is 30.9 Å². The van der Waals surface area contributed by atoms with Gasteiger partial charge >= 0.3 is 0 Å².